The number of hydrogen-bond donors (Lipinski definition) is 0. The maximum absolute atomic E-state index is 12.7. The second kappa shape index (κ2) is 5.91. The van der Waals surface area contributed by atoms with Crippen molar-refractivity contribution in [2.45, 2.75) is 31.2 Å². The van der Waals surface area contributed by atoms with Crippen LogP contribution in [0.2, 0.25) is 0 Å². The summed E-state index contributed by atoms with van der Waals surface area (Å²) in [6.07, 6.45) is 4.31. The van der Waals surface area contributed by atoms with Crippen LogP contribution in [-0.4, -0.2) is 49.9 Å². The number of carbonyl (C=O) groups excluding carboxylic acids is 1. The summed E-state index contributed by atoms with van der Waals surface area (Å²) in [6.45, 7) is 0.677. The molecule has 1 aliphatic heterocycles. The van der Waals surface area contributed by atoms with Crippen LogP contribution in [0.1, 0.15) is 31.2 Å². The third-order valence-electron chi connectivity index (χ3n) is 5.36. The minimum Gasteiger partial charge on any atom is -0.331 e. The minimum absolute atomic E-state index is 0.277. The van der Waals surface area contributed by atoms with Crippen molar-refractivity contribution in [3.05, 3.63) is 35.9 Å². The van der Waals surface area contributed by atoms with Crippen LogP contribution < -0.4 is 0 Å². The Morgan fingerprint density at radius 3 is 2.57 bits per heavy atom. The number of nitrogens with zero attached hydrogens (tertiary/aromatic N) is 2. The number of rotatable bonds is 4. The number of hydrogen-bond acceptors (Lipinski definition) is 3. The first-order chi connectivity index (χ1) is 10.9. The Labute approximate surface area is 138 Å². The zero-order chi connectivity index (χ0) is 16.7. The summed E-state index contributed by atoms with van der Waals surface area (Å²) >= 11 is 0. The topological polar surface area (TPSA) is 57.7 Å². The molecule has 23 heavy (non-hydrogen) atoms. The highest BCUT2D eigenvalue weighted by molar-refractivity contribution is 7.89. The molecule has 0 radical (unpaired) electrons. The van der Waals surface area contributed by atoms with Crippen LogP contribution in [0.25, 0.3) is 0 Å². The van der Waals surface area contributed by atoms with Gasteiger partial charge in [0.25, 0.3) is 0 Å². The summed E-state index contributed by atoms with van der Waals surface area (Å²) in [4.78, 5) is 14.5. The molecule has 1 aromatic rings. The Bertz CT molecular complexity index is 687. The lowest BCUT2D eigenvalue weighted by molar-refractivity contribution is -0.163. The van der Waals surface area contributed by atoms with Gasteiger partial charge in [-0.15, -0.1) is 0 Å². The molecule has 0 aromatic heterocycles. The third-order valence-corrected chi connectivity index (χ3v) is 7.08. The second-order valence-electron chi connectivity index (χ2n) is 6.78. The maximum Gasteiger partial charge on any atom is 0.239 e. The molecule has 5 nitrogen and oxygen atoms in total. The van der Waals surface area contributed by atoms with Crippen molar-refractivity contribution in [2.75, 3.05) is 26.4 Å². The van der Waals surface area contributed by atoms with Gasteiger partial charge in [0.15, 0.2) is 0 Å². The number of fused-ring (bicyclic) bond motifs is 1. The Morgan fingerprint density at radius 1 is 1.26 bits per heavy atom. The summed E-state index contributed by atoms with van der Waals surface area (Å²) in [7, 11) is -0.589. The summed E-state index contributed by atoms with van der Waals surface area (Å²) in [6, 6.07) is 10.1. The van der Waals surface area contributed by atoms with Crippen LogP contribution in [0.4, 0.5) is 0 Å². The van der Waals surface area contributed by atoms with Crippen LogP contribution in [0, 0.1) is 5.92 Å². The van der Waals surface area contributed by atoms with Crippen molar-refractivity contribution in [1.29, 1.82) is 0 Å². The molecule has 0 bridgehead atoms. The fourth-order valence-corrected chi connectivity index (χ4v) is 4.77. The van der Waals surface area contributed by atoms with Gasteiger partial charge in [-0.1, -0.05) is 43.2 Å². The summed E-state index contributed by atoms with van der Waals surface area (Å²) in [5, 5.41) is 0. The van der Waals surface area contributed by atoms with E-state index in [9.17, 15) is 13.2 Å². The van der Waals surface area contributed by atoms with Gasteiger partial charge in [-0.05, 0) is 18.4 Å². The van der Waals surface area contributed by atoms with E-state index in [1.54, 1.807) is 0 Å². The predicted molar refractivity (Wildman–Crippen MR) is 89.3 cm³/mol. The van der Waals surface area contributed by atoms with E-state index >= 15 is 0 Å². The molecule has 3 rings (SSSR count). The summed E-state index contributed by atoms with van der Waals surface area (Å²) in [5.74, 6) is -0.272. The molecule has 0 N–H and O–H groups in total. The normalized spacial score (nSPS) is 27.4. The number of likely N-dealkylation sites (tertiary alicyclic amines) is 1. The van der Waals surface area contributed by atoms with Gasteiger partial charge in [0.05, 0.1) is 5.54 Å². The number of benzene rings is 1. The Balaban J connectivity index is 1.89. The van der Waals surface area contributed by atoms with E-state index in [-0.39, 0.29) is 11.4 Å². The van der Waals surface area contributed by atoms with Gasteiger partial charge in [0.1, 0.15) is 5.75 Å². The molecular formula is C17H24N2O3S. The zero-order valence-corrected chi connectivity index (χ0v) is 14.6. The highest BCUT2D eigenvalue weighted by Crippen LogP contribution is 2.53. The van der Waals surface area contributed by atoms with Crippen molar-refractivity contribution in [2.24, 2.45) is 5.92 Å². The van der Waals surface area contributed by atoms with Crippen LogP contribution in [0.15, 0.2) is 30.3 Å². The van der Waals surface area contributed by atoms with Crippen molar-refractivity contribution in [3.63, 3.8) is 0 Å². The van der Waals surface area contributed by atoms with Crippen molar-refractivity contribution >= 4 is 15.9 Å². The van der Waals surface area contributed by atoms with Crippen LogP contribution in [0.3, 0.4) is 0 Å². The van der Waals surface area contributed by atoms with Gasteiger partial charge in [0, 0.05) is 26.6 Å². The van der Waals surface area contributed by atoms with Gasteiger partial charge in [-0.25, -0.2) is 12.7 Å². The van der Waals surface area contributed by atoms with Gasteiger partial charge in [-0.3, -0.25) is 4.79 Å². The van der Waals surface area contributed by atoms with Gasteiger partial charge < -0.3 is 4.90 Å². The molecule has 6 heteroatoms. The fraction of sp³-hybridized carbons (Fsp3) is 0.588. The largest absolute Gasteiger partial charge is 0.331 e. The van der Waals surface area contributed by atoms with Crippen molar-refractivity contribution in [3.8, 4) is 0 Å². The van der Waals surface area contributed by atoms with E-state index in [2.05, 4.69) is 12.1 Å². The van der Waals surface area contributed by atoms with Crippen LogP contribution in [0.5, 0.6) is 0 Å². The average molecular weight is 336 g/mol. The standard InChI is InChI=1S/C17H24N2O3S/c1-18(2)23(21,22)13-16(20)19-12-15-10-6-7-11-17(15,19)14-8-4-3-5-9-14/h3-5,8-9,15H,6-7,10-13H2,1-2H3. The molecule has 2 fully saturated rings. The van der Waals surface area contributed by atoms with E-state index in [0.717, 1.165) is 29.1 Å². The number of carbonyl (C=O) groups is 1. The molecule has 1 saturated carbocycles. The highest BCUT2D eigenvalue weighted by Gasteiger charge is 2.57. The summed E-state index contributed by atoms with van der Waals surface area (Å²) < 4.78 is 25.3. The molecule has 0 spiro atoms. The number of sulfonamides is 1. The molecule has 1 saturated heterocycles. The van der Waals surface area contributed by atoms with Gasteiger partial charge in [-0.2, -0.15) is 0 Å². The van der Waals surface area contributed by atoms with E-state index in [1.807, 2.05) is 23.1 Å². The Morgan fingerprint density at radius 2 is 1.96 bits per heavy atom. The smallest absolute Gasteiger partial charge is 0.239 e. The SMILES string of the molecule is CN(C)S(=O)(=O)CC(=O)N1CC2CCCCC21c1ccccc1. The predicted octanol–water partition coefficient (Wildman–Crippen LogP) is 1.81. The van der Waals surface area contributed by atoms with Gasteiger partial charge >= 0.3 is 0 Å². The first kappa shape index (κ1) is 16.5. The van der Waals surface area contributed by atoms with Crippen LogP contribution in [-0.2, 0) is 20.4 Å². The molecule has 1 aliphatic carbocycles. The first-order valence-corrected chi connectivity index (χ1v) is 9.75. The molecule has 126 valence electrons. The van der Waals surface area contributed by atoms with Crippen molar-refractivity contribution in [1.82, 2.24) is 9.21 Å². The summed E-state index contributed by atoms with van der Waals surface area (Å²) in [5.41, 5.74) is 0.852. The molecule has 2 aliphatic rings. The quantitative estimate of drug-likeness (QED) is 0.842. The van der Waals surface area contributed by atoms with E-state index in [4.69, 9.17) is 0 Å². The molecular weight excluding hydrogens is 312 g/mol. The second-order valence-corrected chi connectivity index (χ2v) is 8.96. The fourth-order valence-electron chi connectivity index (χ4n) is 4.05. The lowest BCUT2D eigenvalue weighted by Crippen LogP contribution is -2.68. The maximum atomic E-state index is 12.7. The Hall–Kier alpha value is -1.40. The van der Waals surface area contributed by atoms with E-state index < -0.39 is 15.8 Å². The Kier molecular flexibility index (Phi) is 4.23. The lowest BCUT2D eigenvalue weighted by atomic mass is 9.61. The van der Waals surface area contributed by atoms with Crippen molar-refractivity contribution < 1.29 is 13.2 Å². The number of amides is 1. The monoisotopic (exact) mass is 336 g/mol. The third kappa shape index (κ3) is 2.68. The highest BCUT2D eigenvalue weighted by atomic mass is 32.2. The van der Waals surface area contributed by atoms with E-state index in [1.165, 1.54) is 20.5 Å². The lowest BCUT2D eigenvalue weighted by Gasteiger charge is -2.61. The molecule has 1 aromatic carbocycles. The van der Waals surface area contributed by atoms with Crippen LogP contribution >= 0.6 is 0 Å². The molecule has 1 heterocycles. The molecule has 1 amide bonds. The zero-order valence-electron chi connectivity index (χ0n) is 13.7. The first-order valence-electron chi connectivity index (χ1n) is 8.14. The van der Waals surface area contributed by atoms with Gasteiger partial charge in [0.2, 0.25) is 15.9 Å². The average Bonchev–Trinajstić information content (AvgIpc) is 2.49. The molecule has 2 unspecified atom stereocenters. The molecule has 2 atom stereocenters. The minimum atomic E-state index is -3.52. The van der Waals surface area contributed by atoms with E-state index in [0.29, 0.717) is 12.5 Å².